The highest BCUT2D eigenvalue weighted by molar-refractivity contribution is 6.35. The molecule has 2 unspecified atom stereocenters. The van der Waals surface area contributed by atoms with Gasteiger partial charge in [-0.1, -0.05) is 62.4 Å². The predicted octanol–water partition coefficient (Wildman–Crippen LogP) is 4.08. The van der Waals surface area contributed by atoms with Crippen molar-refractivity contribution in [1.82, 2.24) is 9.80 Å². The van der Waals surface area contributed by atoms with E-state index in [4.69, 9.17) is 0 Å². The Morgan fingerprint density at radius 1 is 0.897 bits per heavy atom. The Hall–Kier alpha value is -2.95. The van der Waals surface area contributed by atoms with Gasteiger partial charge in [0.15, 0.2) is 0 Å². The summed E-state index contributed by atoms with van der Waals surface area (Å²) in [5.74, 6) is -0.231. The molecular formula is C24H25FN2O2. The van der Waals surface area contributed by atoms with Crippen LogP contribution in [0, 0.1) is 17.7 Å². The molecule has 0 spiro atoms. The Bertz CT molecular complexity index is 960. The minimum absolute atomic E-state index is 0.0663. The molecule has 0 aromatic heterocycles. The van der Waals surface area contributed by atoms with Gasteiger partial charge in [-0.05, 0) is 29.9 Å². The minimum atomic E-state index is -0.414. The number of benzene rings is 2. The fourth-order valence-electron chi connectivity index (χ4n) is 4.51. The lowest BCUT2D eigenvalue weighted by Gasteiger charge is -2.37. The number of nitrogens with zero attached hydrogens (tertiary/aromatic N) is 2. The molecule has 5 heteroatoms. The Balaban J connectivity index is 1.75. The van der Waals surface area contributed by atoms with E-state index in [1.165, 1.54) is 11.0 Å². The lowest BCUT2D eigenvalue weighted by atomic mass is 9.91. The zero-order chi connectivity index (χ0) is 20.5. The van der Waals surface area contributed by atoms with Gasteiger partial charge in [0, 0.05) is 18.7 Å². The predicted molar refractivity (Wildman–Crippen MR) is 110 cm³/mol. The van der Waals surface area contributed by atoms with Crippen LogP contribution in [0.3, 0.4) is 0 Å². The largest absolute Gasteiger partial charge is 0.366 e. The Morgan fingerprint density at radius 3 is 2.17 bits per heavy atom. The normalized spacial score (nSPS) is 22.6. The number of carbonyl (C=O) groups excluding carboxylic acids is 2. The van der Waals surface area contributed by atoms with Crippen LogP contribution in [0.15, 0.2) is 60.3 Å². The topological polar surface area (TPSA) is 40.6 Å². The molecule has 4 rings (SSSR count). The van der Waals surface area contributed by atoms with E-state index in [-0.39, 0.29) is 18.4 Å². The van der Waals surface area contributed by atoms with E-state index < -0.39 is 5.82 Å². The van der Waals surface area contributed by atoms with Crippen LogP contribution in [0.2, 0.25) is 0 Å². The molecule has 0 N–H and O–H groups in total. The van der Waals surface area contributed by atoms with Gasteiger partial charge < -0.3 is 4.90 Å². The third-order valence-electron chi connectivity index (χ3n) is 5.68. The van der Waals surface area contributed by atoms with Gasteiger partial charge in [0.05, 0.1) is 12.1 Å². The highest BCUT2D eigenvalue weighted by Crippen LogP contribution is 2.35. The fourth-order valence-corrected chi connectivity index (χ4v) is 4.51. The molecule has 150 valence electrons. The van der Waals surface area contributed by atoms with E-state index in [9.17, 15) is 14.0 Å². The second-order valence-corrected chi connectivity index (χ2v) is 8.23. The van der Waals surface area contributed by atoms with Crippen molar-refractivity contribution in [3.8, 4) is 0 Å². The molecule has 2 amide bonds. The number of hydrogen-bond acceptors (Lipinski definition) is 3. The van der Waals surface area contributed by atoms with Gasteiger partial charge in [-0.25, -0.2) is 4.39 Å². The zero-order valence-electron chi connectivity index (χ0n) is 16.8. The van der Waals surface area contributed by atoms with Crippen LogP contribution in [-0.2, 0) is 16.1 Å². The molecule has 2 atom stereocenters. The lowest BCUT2D eigenvalue weighted by Crippen LogP contribution is -2.41. The van der Waals surface area contributed by atoms with Crippen molar-refractivity contribution < 1.29 is 14.0 Å². The van der Waals surface area contributed by atoms with Crippen molar-refractivity contribution in [3.05, 3.63) is 77.2 Å². The third-order valence-corrected chi connectivity index (χ3v) is 5.68. The SMILES string of the molecule is CC1CC(C)CN(C2=C(c3ccccc3)C(=O)N(Cc3ccccc3F)C2=O)C1. The summed E-state index contributed by atoms with van der Waals surface area (Å²) in [5, 5.41) is 0. The Morgan fingerprint density at radius 2 is 1.52 bits per heavy atom. The number of imide groups is 1. The molecule has 1 saturated heterocycles. The van der Waals surface area contributed by atoms with Crippen molar-refractivity contribution in [3.63, 3.8) is 0 Å². The van der Waals surface area contributed by atoms with Crippen molar-refractivity contribution >= 4 is 17.4 Å². The van der Waals surface area contributed by atoms with Gasteiger partial charge >= 0.3 is 0 Å². The molecule has 2 aliphatic heterocycles. The molecule has 1 fully saturated rings. The van der Waals surface area contributed by atoms with Gasteiger partial charge in [0.2, 0.25) is 0 Å². The van der Waals surface area contributed by atoms with Crippen LogP contribution >= 0.6 is 0 Å². The highest BCUT2D eigenvalue weighted by Gasteiger charge is 2.43. The highest BCUT2D eigenvalue weighted by atomic mass is 19.1. The average Bonchev–Trinajstić information content (AvgIpc) is 2.94. The van der Waals surface area contributed by atoms with Crippen molar-refractivity contribution in [2.24, 2.45) is 11.8 Å². The van der Waals surface area contributed by atoms with Crippen LogP contribution in [-0.4, -0.2) is 34.7 Å². The molecule has 2 aromatic carbocycles. The first kappa shape index (κ1) is 19.4. The summed E-state index contributed by atoms with van der Waals surface area (Å²) in [6.07, 6.45) is 1.10. The number of carbonyl (C=O) groups is 2. The monoisotopic (exact) mass is 392 g/mol. The summed E-state index contributed by atoms with van der Waals surface area (Å²) in [6, 6.07) is 15.6. The van der Waals surface area contributed by atoms with E-state index in [1.54, 1.807) is 18.2 Å². The van der Waals surface area contributed by atoms with Crippen LogP contribution in [0.4, 0.5) is 4.39 Å². The van der Waals surface area contributed by atoms with Gasteiger partial charge in [0.1, 0.15) is 11.5 Å². The molecule has 0 bridgehead atoms. The fraction of sp³-hybridized carbons (Fsp3) is 0.333. The third kappa shape index (κ3) is 3.69. The first-order chi connectivity index (χ1) is 14.0. The number of piperidine rings is 1. The minimum Gasteiger partial charge on any atom is -0.366 e. The van der Waals surface area contributed by atoms with Crippen molar-refractivity contribution in [1.29, 1.82) is 0 Å². The van der Waals surface area contributed by atoms with Crippen LogP contribution in [0.1, 0.15) is 31.4 Å². The molecule has 0 aliphatic carbocycles. The second kappa shape index (κ2) is 7.82. The molecule has 4 nitrogen and oxygen atoms in total. The van der Waals surface area contributed by atoms with E-state index in [0.717, 1.165) is 25.1 Å². The van der Waals surface area contributed by atoms with Crippen molar-refractivity contribution in [2.75, 3.05) is 13.1 Å². The standard InChI is InChI=1S/C24H25FN2O2/c1-16-12-17(2)14-26(13-16)22-21(18-8-4-3-5-9-18)23(28)27(24(22)29)15-19-10-6-7-11-20(19)25/h3-11,16-17H,12-15H2,1-2H3. The molecule has 2 heterocycles. The number of hydrogen-bond donors (Lipinski definition) is 0. The summed E-state index contributed by atoms with van der Waals surface area (Å²) < 4.78 is 14.2. The second-order valence-electron chi connectivity index (χ2n) is 8.23. The molecular weight excluding hydrogens is 367 g/mol. The maximum atomic E-state index is 14.2. The molecule has 0 radical (unpaired) electrons. The van der Waals surface area contributed by atoms with Gasteiger partial charge in [-0.3, -0.25) is 14.5 Å². The van der Waals surface area contributed by atoms with Crippen LogP contribution in [0.25, 0.3) is 5.57 Å². The Kier molecular flexibility index (Phi) is 5.22. The van der Waals surface area contributed by atoms with Crippen LogP contribution < -0.4 is 0 Å². The summed E-state index contributed by atoms with van der Waals surface area (Å²) in [7, 11) is 0. The van der Waals surface area contributed by atoms with Crippen molar-refractivity contribution in [2.45, 2.75) is 26.8 Å². The zero-order valence-corrected chi connectivity index (χ0v) is 16.8. The number of halogens is 1. The summed E-state index contributed by atoms with van der Waals surface area (Å²) in [4.78, 5) is 30.0. The number of likely N-dealkylation sites (tertiary alicyclic amines) is 1. The summed E-state index contributed by atoms with van der Waals surface area (Å²) in [6.45, 7) is 5.75. The maximum absolute atomic E-state index is 14.2. The number of rotatable bonds is 4. The van der Waals surface area contributed by atoms with Gasteiger partial charge in [0.25, 0.3) is 11.8 Å². The van der Waals surface area contributed by atoms with E-state index in [2.05, 4.69) is 18.7 Å². The first-order valence-electron chi connectivity index (χ1n) is 10.1. The van der Waals surface area contributed by atoms with E-state index in [0.29, 0.717) is 28.7 Å². The number of amides is 2. The van der Waals surface area contributed by atoms with Crippen LogP contribution in [0.5, 0.6) is 0 Å². The first-order valence-corrected chi connectivity index (χ1v) is 10.1. The quantitative estimate of drug-likeness (QED) is 0.736. The maximum Gasteiger partial charge on any atom is 0.278 e. The summed E-state index contributed by atoms with van der Waals surface area (Å²) >= 11 is 0. The lowest BCUT2D eigenvalue weighted by molar-refractivity contribution is -0.138. The van der Waals surface area contributed by atoms with E-state index >= 15 is 0 Å². The molecule has 0 saturated carbocycles. The Labute approximate surface area is 170 Å². The van der Waals surface area contributed by atoms with E-state index in [1.807, 2.05) is 30.3 Å². The molecule has 29 heavy (non-hydrogen) atoms. The smallest absolute Gasteiger partial charge is 0.278 e. The molecule has 2 aliphatic rings. The molecule has 2 aromatic rings. The average molecular weight is 392 g/mol. The van der Waals surface area contributed by atoms with Gasteiger partial charge in [-0.2, -0.15) is 0 Å². The van der Waals surface area contributed by atoms with Gasteiger partial charge in [-0.15, -0.1) is 0 Å². The summed E-state index contributed by atoms with van der Waals surface area (Å²) in [5.41, 5.74) is 1.94.